The number of hydrogen-bond acceptors (Lipinski definition) is 5. The van der Waals surface area contributed by atoms with Crippen molar-refractivity contribution in [2.24, 2.45) is 0 Å². The Morgan fingerprint density at radius 3 is 2.61 bits per heavy atom. The number of phenolic OH excluding ortho intramolecular Hbond substituents is 3. The highest BCUT2D eigenvalue weighted by atomic mass is 16.3. The Hall–Kier alpha value is -2.76. The summed E-state index contributed by atoms with van der Waals surface area (Å²) in [5.74, 6) is -1.00. The molecule has 1 aromatic carbocycles. The van der Waals surface area contributed by atoms with Gasteiger partial charge in [-0.05, 0) is 24.3 Å². The van der Waals surface area contributed by atoms with Crippen LogP contribution in [0.2, 0.25) is 0 Å². The number of nitrogens with one attached hydrogen (secondary N) is 1. The van der Waals surface area contributed by atoms with Crippen molar-refractivity contribution in [3.63, 3.8) is 0 Å². The van der Waals surface area contributed by atoms with Gasteiger partial charge in [0.25, 0.3) is 0 Å². The first-order valence-electron chi connectivity index (χ1n) is 5.22. The van der Waals surface area contributed by atoms with E-state index < -0.39 is 11.5 Å². The van der Waals surface area contributed by atoms with Gasteiger partial charge in [0.2, 0.25) is 5.75 Å². The molecule has 3 aromatic rings. The van der Waals surface area contributed by atoms with Gasteiger partial charge in [-0.3, -0.25) is 0 Å². The van der Waals surface area contributed by atoms with E-state index in [1.54, 1.807) is 18.3 Å². The predicted octanol–water partition coefficient (Wildman–Crippen LogP) is 1.74. The maximum Gasteiger partial charge on any atom is 0.201 e. The number of pyridine rings is 1. The number of aromatic nitrogens is 3. The molecule has 6 nitrogen and oxygen atoms in total. The van der Waals surface area contributed by atoms with Crippen LogP contribution in [0.5, 0.6) is 17.2 Å². The molecule has 0 radical (unpaired) electrons. The minimum Gasteiger partial charge on any atom is -0.504 e. The average Bonchev–Trinajstić information content (AvgIpc) is 2.79. The summed E-state index contributed by atoms with van der Waals surface area (Å²) in [7, 11) is 0. The molecule has 0 saturated heterocycles. The van der Waals surface area contributed by atoms with Crippen molar-refractivity contribution < 1.29 is 15.3 Å². The summed E-state index contributed by atoms with van der Waals surface area (Å²) in [6, 6.07) is 6.31. The summed E-state index contributed by atoms with van der Waals surface area (Å²) < 4.78 is 0. The van der Waals surface area contributed by atoms with Crippen LogP contribution < -0.4 is 0 Å². The molecular weight excluding hydrogens is 234 g/mol. The van der Waals surface area contributed by atoms with Gasteiger partial charge >= 0.3 is 0 Å². The summed E-state index contributed by atoms with van der Waals surface area (Å²) in [4.78, 5) is 11.2. The van der Waals surface area contributed by atoms with Crippen molar-refractivity contribution >= 4 is 11.2 Å². The van der Waals surface area contributed by atoms with Crippen molar-refractivity contribution in [1.29, 1.82) is 0 Å². The highest BCUT2D eigenvalue weighted by Crippen LogP contribution is 2.41. The van der Waals surface area contributed by atoms with Crippen LogP contribution in [0.3, 0.4) is 0 Å². The third kappa shape index (κ3) is 1.43. The third-order valence-electron chi connectivity index (χ3n) is 2.64. The zero-order valence-corrected chi connectivity index (χ0v) is 9.12. The van der Waals surface area contributed by atoms with Gasteiger partial charge in [0.15, 0.2) is 17.1 Å². The molecule has 3 rings (SSSR count). The molecule has 0 saturated carbocycles. The van der Waals surface area contributed by atoms with E-state index in [-0.39, 0.29) is 5.75 Å². The summed E-state index contributed by atoms with van der Waals surface area (Å²) in [5.41, 5.74) is 1.53. The van der Waals surface area contributed by atoms with Crippen LogP contribution in [0.4, 0.5) is 0 Å². The highest BCUT2D eigenvalue weighted by molar-refractivity contribution is 5.79. The standard InChI is InChI=1S/C12H9N3O3/c16-8-4-3-6(9(17)10(8)18)11-14-7-2-1-5-13-12(7)15-11/h1-5,16-18H,(H,13,14,15). The van der Waals surface area contributed by atoms with Gasteiger partial charge in [-0.2, -0.15) is 0 Å². The second-order valence-corrected chi connectivity index (χ2v) is 3.79. The zero-order valence-electron chi connectivity index (χ0n) is 9.12. The summed E-state index contributed by atoms with van der Waals surface area (Å²) in [6.07, 6.45) is 1.61. The van der Waals surface area contributed by atoms with Gasteiger partial charge in [0.1, 0.15) is 5.82 Å². The van der Waals surface area contributed by atoms with Crippen LogP contribution in [-0.4, -0.2) is 30.3 Å². The van der Waals surface area contributed by atoms with Crippen LogP contribution in [0, 0.1) is 0 Å². The molecule has 0 fully saturated rings. The van der Waals surface area contributed by atoms with Crippen molar-refractivity contribution in [3.8, 4) is 28.6 Å². The lowest BCUT2D eigenvalue weighted by Gasteiger charge is -2.04. The number of phenols is 3. The molecule has 6 heteroatoms. The summed E-state index contributed by atoms with van der Waals surface area (Å²) in [6.45, 7) is 0. The van der Waals surface area contributed by atoms with Crippen molar-refractivity contribution in [1.82, 2.24) is 15.0 Å². The van der Waals surface area contributed by atoms with Gasteiger partial charge in [-0.25, -0.2) is 9.97 Å². The predicted molar refractivity (Wildman–Crippen MR) is 64.3 cm³/mol. The molecule has 0 atom stereocenters. The number of benzene rings is 1. The van der Waals surface area contributed by atoms with E-state index in [2.05, 4.69) is 15.0 Å². The monoisotopic (exact) mass is 243 g/mol. The van der Waals surface area contributed by atoms with Gasteiger partial charge in [-0.15, -0.1) is 0 Å². The second-order valence-electron chi connectivity index (χ2n) is 3.79. The molecule has 90 valence electrons. The first-order valence-corrected chi connectivity index (χ1v) is 5.22. The topological polar surface area (TPSA) is 102 Å². The molecular formula is C12H9N3O3. The first-order chi connectivity index (χ1) is 8.66. The number of nitrogens with zero attached hydrogens (tertiary/aromatic N) is 2. The molecule has 0 aliphatic rings. The number of hydrogen-bond donors (Lipinski definition) is 4. The summed E-state index contributed by atoms with van der Waals surface area (Å²) in [5, 5.41) is 28.5. The molecule has 0 amide bonds. The lowest BCUT2D eigenvalue weighted by molar-refractivity contribution is 0.369. The molecule has 0 aliphatic carbocycles. The molecule has 4 N–H and O–H groups in total. The van der Waals surface area contributed by atoms with Gasteiger partial charge in [0.05, 0.1) is 11.1 Å². The number of fused-ring (bicyclic) bond motifs is 1. The first kappa shape index (κ1) is 10.4. The van der Waals surface area contributed by atoms with E-state index in [9.17, 15) is 15.3 Å². The van der Waals surface area contributed by atoms with Gasteiger partial charge < -0.3 is 20.3 Å². The van der Waals surface area contributed by atoms with E-state index in [0.29, 0.717) is 17.0 Å². The quantitative estimate of drug-likeness (QED) is 0.487. The van der Waals surface area contributed by atoms with E-state index in [0.717, 1.165) is 5.52 Å². The van der Waals surface area contributed by atoms with E-state index in [1.807, 2.05) is 0 Å². The molecule has 0 spiro atoms. The number of imidazole rings is 1. The number of rotatable bonds is 1. The van der Waals surface area contributed by atoms with Crippen LogP contribution in [-0.2, 0) is 0 Å². The van der Waals surface area contributed by atoms with Crippen molar-refractivity contribution in [2.45, 2.75) is 0 Å². The van der Waals surface area contributed by atoms with E-state index >= 15 is 0 Å². The average molecular weight is 243 g/mol. The van der Waals surface area contributed by atoms with Gasteiger partial charge in [0, 0.05) is 6.20 Å². The molecule has 0 bridgehead atoms. The second kappa shape index (κ2) is 3.63. The lowest BCUT2D eigenvalue weighted by atomic mass is 10.1. The highest BCUT2D eigenvalue weighted by Gasteiger charge is 2.15. The van der Waals surface area contributed by atoms with Crippen LogP contribution in [0.15, 0.2) is 30.5 Å². The fourth-order valence-corrected chi connectivity index (χ4v) is 1.73. The van der Waals surface area contributed by atoms with Crippen molar-refractivity contribution in [2.75, 3.05) is 0 Å². The number of H-pyrrole nitrogens is 1. The molecule has 2 heterocycles. The SMILES string of the molecule is Oc1ccc(-c2nc3ncccc3[nH]2)c(O)c1O. The molecule has 0 unspecified atom stereocenters. The van der Waals surface area contributed by atoms with Crippen molar-refractivity contribution in [3.05, 3.63) is 30.5 Å². The fraction of sp³-hybridized carbons (Fsp3) is 0. The molecule has 18 heavy (non-hydrogen) atoms. The zero-order chi connectivity index (χ0) is 12.7. The number of aromatic amines is 1. The van der Waals surface area contributed by atoms with Crippen LogP contribution in [0.1, 0.15) is 0 Å². The largest absolute Gasteiger partial charge is 0.504 e. The van der Waals surface area contributed by atoms with Crippen LogP contribution >= 0.6 is 0 Å². The third-order valence-corrected chi connectivity index (χ3v) is 2.64. The Morgan fingerprint density at radius 1 is 1.00 bits per heavy atom. The fourth-order valence-electron chi connectivity index (χ4n) is 1.73. The van der Waals surface area contributed by atoms with E-state index in [4.69, 9.17) is 0 Å². The lowest BCUT2D eigenvalue weighted by Crippen LogP contribution is -1.82. The molecule has 0 aliphatic heterocycles. The normalized spacial score (nSPS) is 10.9. The Morgan fingerprint density at radius 2 is 1.83 bits per heavy atom. The Labute approximate surface area is 101 Å². The minimum absolute atomic E-state index is 0.295. The maximum absolute atomic E-state index is 9.77. The van der Waals surface area contributed by atoms with Gasteiger partial charge in [-0.1, -0.05) is 0 Å². The van der Waals surface area contributed by atoms with Crippen LogP contribution in [0.25, 0.3) is 22.6 Å². The Kier molecular flexibility index (Phi) is 2.09. The molecule has 2 aromatic heterocycles. The Bertz CT molecular complexity index is 704. The number of aromatic hydroxyl groups is 3. The summed E-state index contributed by atoms with van der Waals surface area (Å²) >= 11 is 0. The minimum atomic E-state index is -0.569. The Balaban J connectivity index is 2.23. The smallest absolute Gasteiger partial charge is 0.201 e. The van der Waals surface area contributed by atoms with E-state index in [1.165, 1.54) is 12.1 Å². The maximum atomic E-state index is 9.77.